The van der Waals surface area contributed by atoms with E-state index in [1.165, 1.54) is 0 Å². The van der Waals surface area contributed by atoms with E-state index >= 15 is 0 Å². The van der Waals surface area contributed by atoms with E-state index in [0.717, 1.165) is 63.4 Å². The minimum absolute atomic E-state index is 0.00823. The summed E-state index contributed by atoms with van der Waals surface area (Å²) in [6.07, 6.45) is 7.97. The number of likely N-dealkylation sites (tertiary alicyclic amines) is 1. The lowest BCUT2D eigenvalue weighted by atomic mass is 9.88. The van der Waals surface area contributed by atoms with Gasteiger partial charge in [0.15, 0.2) is 5.96 Å². The number of carbonyl (C=O) groups is 2. The van der Waals surface area contributed by atoms with Gasteiger partial charge in [-0.05, 0) is 62.1 Å². The molecule has 1 heterocycles. The number of hydrogen-bond acceptors (Lipinski definition) is 4. The lowest BCUT2D eigenvalue weighted by molar-refractivity contribution is -0.113. The van der Waals surface area contributed by atoms with Crippen LogP contribution in [0.5, 0.6) is 11.5 Å². The van der Waals surface area contributed by atoms with Gasteiger partial charge < -0.3 is 25.5 Å². The van der Waals surface area contributed by atoms with E-state index in [-0.39, 0.29) is 11.9 Å². The standard InChI is InChI=1S/C29H40N4O3/c1-3-5-18-29(22-34,19-6-4-2)32-28(30)31-24-16-20-33(21-17-24)27(35)23-12-14-26(15-13-23)36-25-10-8-7-9-11-25/h7-15,22,24H,3-6,16-21H2,1-2H3,(H3,30,31,32). The smallest absolute Gasteiger partial charge is 0.253 e. The molecule has 0 atom stereocenters. The first-order chi connectivity index (χ1) is 17.5. The molecule has 2 aromatic rings. The zero-order chi connectivity index (χ0) is 25.8. The van der Waals surface area contributed by atoms with E-state index in [1.54, 1.807) is 12.1 Å². The number of rotatable bonds is 12. The van der Waals surface area contributed by atoms with Crippen LogP contribution in [0.25, 0.3) is 0 Å². The molecule has 1 fully saturated rings. The summed E-state index contributed by atoms with van der Waals surface area (Å²) in [7, 11) is 0. The number of nitrogens with zero attached hydrogens (tertiary/aromatic N) is 2. The maximum atomic E-state index is 13.0. The number of ether oxygens (including phenoxy) is 1. The van der Waals surface area contributed by atoms with Gasteiger partial charge in [-0.15, -0.1) is 0 Å². The van der Waals surface area contributed by atoms with Crippen LogP contribution in [0.2, 0.25) is 0 Å². The molecule has 7 heteroatoms. The summed E-state index contributed by atoms with van der Waals surface area (Å²) >= 11 is 0. The monoisotopic (exact) mass is 492 g/mol. The summed E-state index contributed by atoms with van der Waals surface area (Å²) in [5.41, 5.74) is 6.25. The minimum Gasteiger partial charge on any atom is -0.457 e. The van der Waals surface area contributed by atoms with Crippen LogP contribution in [0.4, 0.5) is 0 Å². The van der Waals surface area contributed by atoms with Crippen molar-refractivity contribution in [1.29, 1.82) is 0 Å². The quantitative estimate of drug-likeness (QED) is 0.238. The third kappa shape index (κ3) is 7.83. The number of guanidine groups is 1. The highest BCUT2D eigenvalue weighted by molar-refractivity contribution is 5.94. The molecule has 2 aromatic carbocycles. The van der Waals surface area contributed by atoms with Crippen LogP contribution in [-0.4, -0.2) is 47.7 Å². The summed E-state index contributed by atoms with van der Waals surface area (Å²) in [6, 6.07) is 16.8. The fourth-order valence-corrected chi connectivity index (χ4v) is 4.54. The summed E-state index contributed by atoms with van der Waals surface area (Å²) in [4.78, 5) is 31.5. The number of nitrogens with one attached hydrogen (secondary N) is 1. The van der Waals surface area contributed by atoms with E-state index in [2.05, 4.69) is 24.2 Å². The Kier molecular flexibility index (Phi) is 10.3. The van der Waals surface area contributed by atoms with Crippen molar-refractivity contribution < 1.29 is 14.3 Å². The fourth-order valence-electron chi connectivity index (χ4n) is 4.54. The first kappa shape index (κ1) is 27.2. The lowest BCUT2D eigenvalue weighted by Crippen LogP contribution is -2.53. The second kappa shape index (κ2) is 13.7. The van der Waals surface area contributed by atoms with Gasteiger partial charge in [-0.25, -0.2) is 4.99 Å². The van der Waals surface area contributed by atoms with Gasteiger partial charge in [-0.3, -0.25) is 4.79 Å². The van der Waals surface area contributed by atoms with E-state index in [4.69, 9.17) is 10.5 Å². The van der Waals surface area contributed by atoms with Gasteiger partial charge in [0.25, 0.3) is 5.91 Å². The van der Waals surface area contributed by atoms with Gasteiger partial charge in [0.2, 0.25) is 0 Å². The van der Waals surface area contributed by atoms with Gasteiger partial charge in [-0.1, -0.05) is 57.7 Å². The second-order valence-electron chi connectivity index (χ2n) is 9.58. The van der Waals surface area contributed by atoms with Gasteiger partial charge in [0.1, 0.15) is 17.8 Å². The van der Waals surface area contributed by atoms with Gasteiger partial charge in [0.05, 0.1) is 11.6 Å². The predicted octanol–water partition coefficient (Wildman–Crippen LogP) is 5.31. The van der Waals surface area contributed by atoms with Gasteiger partial charge in [0, 0.05) is 18.7 Å². The van der Waals surface area contributed by atoms with Crippen molar-refractivity contribution in [2.75, 3.05) is 13.1 Å². The maximum absolute atomic E-state index is 13.0. The molecule has 0 aliphatic carbocycles. The molecule has 0 spiro atoms. The first-order valence-electron chi connectivity index (χ1n) is 13.2. The summed E-state index contributed by atoms with van der Waals surface area (Å²) in [6.45, 7) is 5.48. The Morgan fingerprint density at radius 2 is 1.61 bits per heavy atom. The van der Waals surface area contributed by atoms with Crippen LogP contribution in [0, 0.1) is 0 Å². The van der Waals surface area contributed by atoms with Crippen molar-refractivity contribution >= 4 is 18.2 Å². The molecule has 0 aromatic heterocycles. The number of amides is 1. The Hall–Kier alpha value is -3.35. The predicted molar refractivity (Wildman–Crippen MR) is 144 cm³/mol. The Labute approximate surface area is 215 Å². The SMILES string of the molecule is CCCCC(C=O)(CCCC)NC(N)=NC1CCN(C(=O)c2ccc(Oc3ccccc3)cc2)CC1. The average molecular weight is 493 g/mol. The third-order valence-electron chi connectivity index (χ3n) is 6.71. The Balaban J connectivity index is 1.53. The number of benzene rings is 2. The second-order valence-corrected chi connectivity index (χ2v) is 9.58. The highest BCUT2D eigenvalue weighted by Gasteiger charge is 2.30. The van der Waals surface area contributed by atoms with Gasteiger partial charge >= 0.3 is 0 Å². The number of para-hydroxylation sites is 1. The molecule has 36 heavy (non-hydrogen) atoms. The van der Waals surface area contributed by atoms with Crippen LogP contribution >= 0.6 is 0 Å². The van der Waals surface area contributed by atoms with Crippen molar-refractivity contribution in [2.45, 2.75) is 76.8 Å². The molecule has 3 N–H and O–H groups in total. The summed E-state index contributed by atoms with van der Waals surface area (Å²) in [5, 5.41) is 3.25. The van der Waals surface area contributed by atoms with Gasteiger partial charge in [-0.2, -0.15) is 0 Å². The molecule has 0 bridgehead atoms. The number of aldehydes is 1. The summed E-state index contributed by atoms with van der Waals surface area (Å²) < 4.78 is 5.82. The summed E-state index contributed by atoms with van der Waals surface area (Å²) in [5.74, 6) is 1.79. The minimum atomic E-state index is -0.646. The normalized spacial score (nSPS) is 14.9. The molecular weight excluding hydrogens is 452 g/mol. The third-order valence-corrected chi connectivity index (χ3v) is 6.71. The number of aliphatic imine (C=N–C) groups is 1. The molecule has 0 radical (unpaired) electrons. The molecule has 3 rings (SSSR count). The number of piperidine rings is 1. The molecule has 1 amide bonds. The van der Waals surface area contributed by atoms with Crippen LogP contribution in [0.15, 0.2) is 59.6 Å². The molecular formula is C29H40N4O3. The van der Waals surface area contributed by atoms with E-state index in [1.807, 2.05) is 47.4 Å². The molecule has 194 valence electrons. The number of unbranched alkanes of at least 4 members (excludes halogenated alkanes) is 2. The molecule has 1 saturated heterocycles. The van der Waals surface area contributed by atoms with E-state index in [0.29, 0.717) is 30.4 Å². The van der Waals surface area contributed by atoms with E-state index < -0.39 is 5.54 Å². The molecule has 1 aliphatic rings. The van der Waals surface area contributed by atoms with Crippen molar-refractivity contribution in [1.82, 2.24) is 10.2 Å². The molecule has 7 nitrogen and oxygen atoms in total. The van der Waals surface area contributed by atoms with Crippen LogP contribution < -0.4 is 15.8 Å². The maximum Gasteiger partial charge on any atom is 0.253 e. The van der Waals surface area contributed by atoms with E-state index in [9.17, 15) is 9.59 Å². The van der Waals surface area contributed by atoms with Crippen molar-refractivity contribution in [3.8, 4) is 11.5 Å². The number of carbonyl (C=O) groups excluding carboxylic acids is 2. The topological polar surface area (TPSA) is 97.0 Å². The molecule has 0 unspecified atom stereocenters. The zero-order valence-electron chi connectivity index (χ0n) is 21.6. The van der Waals surface area contributed by atoms with Crippen molar-refractivity contribution in [3.63, 3.8) is 0 Å². The Morgan fingerprint density at radius 3 is 2.17 bits per heavy atom. The largest absolute Gasteiger partial charge is 0.457 e. The molecule has 1 aliphatic heterocycles. The number of nitrogens with two attached hydrogens (primary N) is 1. The van der Waals surface area contributed by atoms with Crippen LogP contribution in [-0.2, 0) is 4.79 Å². The van der Waals surface area contributed by atoms with Crippen LogP contribution in [0.1, 0.15) is 75.6 Å². The Morgan fingerprint density at radius 1 is 1.03 bits per heavy atom. The highest BCUT2D eigenvalue weighted by atomic mass is 16.5. The van der Waals surface area contributed by atoms with Crippen molar-refractivity contribution in [2.24, 2.45) is 10.7 Å². The van der Waals surface area contributed by atoms with Crippen molar-refractivity contribution in [3.05, 3.63) is 60.2 Å². The molecule has 0 saturated carbocycles. The first-order valence-corrected chi connectivity index (χ1v) is 13.2. The Bertz CT molecular complexity index is 975. The number of hydrogen-bond donors (Lipinski definition) is 2. The lowest BCUT2D eigenvalue weighted by Gasteiger charge is -2.32. The fraction of sp³-hybridized carbons (Fsp3) is 0.483. The zero-order valence-corrected chi connectivity index (χ0v) is 21.6. The average Bonchev–Trinajstić information content (AvgIpc) is 2.91. The highest BCUT2D eigenvalue weighted by Crippen LogP contribution is 2.23. The van der Waals surface area contributed by atoms with Crippen LogP contribution in [0.3, 0.4) is 0 Å².